The molecule has 2 heterocycles. The third-order valence-corrected chi connectivity index (χ3v) is 16.4. The molecule has 13 aromatic rings. The first-order chi connectivity index (χ1) is 40.2. The van der Waals surface area contributed by atoms with E-state index < -0.39 is 0 Å². The summed E-state index contributed by atoms with van der Waals surface area (Å²) < 4.78 is 0. The molecule has 81 heavy (non-hydrogen) atoms. The van der Waals surface area contributed by atoms with E-state index in [1.54, 1.807) is 0 Å². The van der Waals surface area contributed by atoms with Crippen LogP contribution in [0.2, 0.25) is 0 Å². The maximum atomic E-state index is 2.59. The van der Waals surface area contributed by atoms with E-state index >= 15 is 0 Å². The highest BCUT2D eigenvalue weighted by molar-refractivity contribution is 7.00. The van der Waals surface area contributed by atoms with Gasteiger partial charge in [-0.3, -0.25) is 0 Å². The van der Waals surface area contributed by atoms with Crippen LogP contribution in [-0.2, 0) is 0 Å². The Labute approximate surface area is 474 Å². The van der Waals surface area contributed by atoms with Gasteiger partial charge in [-0.15, -0.1) is 0 Å². The van der Waals surface area contributed by atoms with Gasteiger partial charge in [-0.2, -0.15) is 0 Å². The summed E-state index contributed by atoms with van der Waals surface area (Å²) in [5.74, 6) is 0. The number of nitrogens with zero attached hydrogens (tertiary/aromatic N) is 2. The highest BCUT2D eigenvalue weighted by Gasteiger charge is 2.44. The van der Waals surface area contributed by atoms with Crippen LogP contribution in [0.4, 0.5) is 34.1 Å². The Morgan fingerprint density at radius 1 is 0.198 bits per heavy atom. The van der Waals surface area contributed by atoms with Gasteiger partial charge in [-0.25, -0.2) is 0 Å². The zero-order valence-corrected chi connectivity index (χ0v) is 44.6. The molecule has 0 bridgehead atoms. The third kappa shape index (κ3) is 8.64. The average Bonchev–Trinajstić information content (AvgIpc) is 3.74. The van der Waals surface area contributed by atoms with Crippen molar-refractivity contribution in [3.8, 4) is 89.0 Å². The van der Waals surface area contributed by atoms with Crippen LogP contribution in [0.15, 0.2) is 322 Å². The first-order valence-electron chi connectivity index (χ1n) is 28.0. The van der Waals surface area contributed by atoms with Crippen LogP contribution in [0.1, 0.15) is 0 Å². The predicted molar refractivity (Wildman–Crippen MR) is 344 cm³/mol. The second kappa shape index (κ2) is 20.4. The van der Waals surface area contributed by atoms with Crippen molar-refractivity contribution in [1.82, 2.24) is 0 Å². The van der Waals surface area contributed by atoms with Gasteiger partial charge in [-0.05, 0) is 166 Å². The lowest BCUT2D eigenvalue weighted by Gasteiger charge is -2.45. The fourth-order valence-corrected chi connectivity index (χ4v) is 12.7. The first kappa shape index (κ1) is 47.7. The number of hydrogen-bond donors (Lipinski definition) is 0. The molecule has 2 nitrogen and oxygen atoms in total. The van der Waals surface area contributed by atoms with E-state index in [1.807, 2.05) is 0 Å². The summed E-state index contributed by atoms with van der Waals surface area (Å²) in [6, 6.07) is 119. The van der Waals surface area contributed by atoms with Crippen molar-refractivity contribution in [2.45, 2.75) is 0 Å². The van der Waals surface area contributed by atoms with E-state index in [-0.39, 0.29) is 6.71 Å². The SMILES string of the molecule is c1ccc(-c2cc(-c3ccccc3)cc(N3c4ccccc4B4c5cc(-c6ccccc6)ccc5N(c5cc(-c6ccccc6)cc(-c6ccccc6)c5)c5cc(-c6c(-c7ccccc7)cccc6-c6ccccc6)cc3c54)c2)cc1. The second-order valence-electron chi connectivity index (χ2n) is 21.2. The minimum absolute atomic E-state index is 0.124. The maximum Gasteiger partial charge on any atom is 0.252 e. The van der Waals surface area contributed by atoms with E-state index in [0.717, 1.165) is 61.9 Å². The Morgan fingerprint density at radius 2 is 0.543 bits per heavy atom. The Hall–Kier alpha value is -10.5. The molecule has 15 rings (SSSR count). The second-order valence-corrected chi connectivity index (χ2v) is 21.2. The normalized spacial score (nSPS) is 12.1. The summed E-state index contributed by atoms with van der Waals surface area (Å²) in [6.07, 6.45) is 0. The molecule has 0 atom stereocenters. The molecule has 2 aliphatic heterocycles. The number of rotatable bonds is 10. The smallest absolute Gasteiger partial charge is 0.252 e. The Balaban J connectivity index is 1.10. The van der Waals surface area contributed by atoms with Crippen molar-refractivity contribution in [2.24, 2.45) is 0 Å². The maximum absolute atomic E-state index is 2.59. The van der Waals surface area contributed by atoms with Gasteiger partial charge in [0.15, 0.2) is 0 Å². The largest absolute Gasteiger partial charge is 0.311 e. The van der Waals surface area contributed by atoms with Crippen LogP contribution in [0.25, 0.3) is 89.0 Å². The molecule has 0 radical (unpaired) electrons. The van der Waals surface area contributed by atoms with Crippen molar-refractivity contribution in [1.29, 1.82) is 0 Å². The van der Waals surface area contributed by atoms with Crippen molar-refractivity contribution >= 4 is 57.2 Å². The van der Waals surface area contributed by atoms with Gasteiger partial charge in [0, 0.05) is 34.1 Å². The predicted octanol–water partition coefficient (Wildman–Crippen LogP) is 19.1. The summed E-state index contributed by atoms with van der Waals surface area (Å²) in [5, 5.41) is 0. The molecule has 0 unspecified atom stereocenters. The molecular formula is C78H53BN2. The number of para-hydroxylation sites is 1. The van der Waals surface area contributed by atoms with E-state index in [0.29, 0.717) is 0 Å². The van der Waals surface area contributed by atoms with Gasteiger partial charge < -0.3 is 9.80 Å². The van der Waals surface area contributed by atoms with Crippen molar-refractivity contribution in [3.63, 3.8) is 0 Å². The zero-order valence-electron chi connectivity index (χ0n) is 44.6. The molecule has 0 saturated heterocycles. The fraction of sp³-hybridized carbons (Fsp3) is 0. The molecular weight excluding hydrogens is 976 g/mol. The van der Waals surface area contributed by atoms with E-state index in [2.05, 4.69) is 331 Å². The van der Waals surface area contributed by atoms with Crippen LogP contribution in [-0.4, -0.2) is 6.71 Å². The molecule has 378 valence electrons. The summed E-state index contributed by atoms with van der Waals surface area (Å²) in [7, 11) is 0. The van der Waals surface area contributed by atoms with Crippen LogP contribution in [0.3, 0.4) is 0 Å². The zero-order chi connectivity index (χ0) is 53.6. The van der Waals surface area contributed by atoms with Gasteiger partial charge in [0.2, 0.25) is 0 Å². The monoisotopic (exact) mass is 1030 g/mol. The molecule has 0 amide bonds. The molecule has 0 aliphatic carbocycles. The van der Waals surface area contributed by atoms with Crippen LogP contribution >= 0.6 is 0 Å². The highest BCUT2D eigenvalue weighted by atomic mass is 15.2. The van der Waals surface area contributed by atoms with Gasteiger partial charge in [0.05, 0.1) is 0 Å². The lowest BCUT2D eigenvalue weighted by Crippen LogP contribution is -2.61. The lowest BCUT2D eigenvalue weighted by atomic mass is 9.33. The van der Waals surface area contributed by atoms with Gasteiger partial charge >= 0.3 is 0 Å². The van der Waals surface area contributed by atoms with Crippen LogP contribution in [0, 0.1) is 0 Å². The number of benzene rings is 13. The molecule has 0 aromatic heterocycles. The molecule has 0 fully saturated rings. The Morgan fingerprint density at radius 3 is 0.951 bits per heavy atom. The molecule has 2 aliphatic rings. The average molecular weight is 1030 g/mol. The number of hydrogen-bond acceptors (Lipinski definition) is 2. The number of anilines is 6. The highest BCUT2D eigenvalue weighted by Crippen LogP contribution is 2.51. The molecule has 0 spiro atoms. The summed E-state index contributed by atoms with van der Waals surface area (Å²) >= 11 is 0. The van der Waals surface area contributed by atoms with Crippen molar-refractivity contribution < 1.29 is 0 Å². The van der Waals surface area contributed by atoms with E-state index in [1.165, 1.54) is 77.6 Å². The van der Waals surface area contributed by atoms with Crippen LogP contribution in [0.5, 0.6) is 0 Å². The Kier molecular flexibility index (Phi) is 12.0. The van der Waals surface area contributed by atoms with Gasteiger partial charge in [-0.1, -0.05) is 261 Å². The van der Waals surface area contributed by atoms with E-state index in [4.69, 9.17) is 0 Å². The van der Waals surface area contributed by atoms with Crippen molar-refractivity contribution in [2.75, 3.05) is 9.80 Å². The molecule has 0 N–H and O–H groups in total. The topological polar surface area (TPSA) is 6.48 Å². The summed E-state index contributed by atoms with van der Waals surface area (Å²) in [5.41, 5.74) is 29.2. The molecule has 0 saturated carbocycles. The van der Waals surface area contributed by atoms with Gasteiger partial charge in [0.1, 0.15) is 0 Å². The standard InChI is InChI=1S/C78H53BN2/c1-8-25-54(26-9-1)61-43-44-74-72(51-61)79-71-41-22-23-42-73(71)80(67-47-62(55-27-10-2-11-28-55)45-63(48-67)56-29-12-3-13-30-56)75-52-66(77-69(59-35-18-6-19-36-59)39-24-40-70(77)60-37-20-7-21-38-60)53-76(78(75)79)81(74)68-49-64(57-31-14-4-15-32-57)46-65(50-68)58-33-16-5-17-34-58/h1-53H. The minimum Gasteiger partial charge on any atom is -0.311 e. The quantitative estimate of drug-likeness (QED) is 0.126. The third-order valence-electron chi connectivity index (χ3n) is 16.4. The minimum atomic E-state index is -0.124. The molecule has 13 aromatic carbocycles. The summed E-state index contributed by atoms with van der Waals surface area (Å²) in [6.45, 7) is -0.124. The summed E-state index contributed by atoms with van der Waals surface area (Å²) in [4.78, 5) is 5.18. The fourth-order valence-electron chi connectivity index (χ4n) is 12.7. The molecule has 3 heteroatoms. The van der Waals surface area contributed by atoms with Crippen molar-refractivity contribution in [3.05, 3.63) is 322 Å². The van der Waals surface area contributed by atoms with E-state index in [9.17, 15) is 0 Å². The van der Waals surface area contributed by atoms with Crippen LogP contribution < -0.4 is 26.2 Å². The Bertz CT molecular complexity index is 4240. The first-order valence-corrected chi connectivity index (χ1v) is 28.0. The number of fused-ring (bicyclic) bond motifs is 4. The lowest BCUT2D eigenvalue weighted by molar-refractivity contribution is 1.25. The van der Waals surface area contributed by atoms with Gasteiger partial charge in [0.25, 0.3) is 6.71 Å².